The van der Waals surface area contributed by atoms with E-state index in [0.29, 0.717) is 0 Å². The lowest BCUT2D eigenvalue weighted by atomic mass is 10.1. The molecular weight excluding hydrogens is 310 g/mol. The summed E-state index contributed by atoms with van der Waals surface area (Å²) >= 11 is 0. The first-order chi connectivity index (χ1) is 9.78. The van der Waals surface area contributed by atoms with Gasteiger partial charge in [0, 0.05) is 0 Å². The van der Waals surface area contributed by atoms with Gasteiger partial charge in [0.25, 0.3) is 5.91 Å². The van der Waals surface area contributed by atoms with Gasteiger partial charge in [-0.25, -0.2) is 10.1 Å². The van der Waals surface area contributed by atoms with Gasteiger partial charge in [0.1, 0.15) is 24.6 Å². The van der Waals surface area contributed by atoms with Crippen LogP contribution in [0.5, 0.6) is 0 Å². The van der Waals surface area contributed by atoms with Crippen molar-refractivity contribution < 1.29 is 32.3 Å². The summed E-state index contributed by atoms with van der Waals surface area (Å²) in [7, 11) is -4.21. The molecular formula is C8H13N5O7S. The number of hydrogen-bond acceptors (Lipinski definition) is 9. The number of rotatable bonds is 5. The Hall–Kier alpha value is -1.64. The molecule has 4 atom stereocenters. The molecule has 1 aliphatic heterocycles. The van der Waals surface area contributed by atoms with Crippen molar-refractivity contribution in [2.75, 3.05) is 6.61 Å². The fraction of sp³-hybridized carbons (Fsp3) is 0.625. The summed E-state index contributed by atoms with van der Waals surface area (Å²) in [5.41, 5.74) is 0. The maximum absolute atomic E-state index is 11.7. The molecule has 6 N–H and O–H groups in total. The number of amides is 1. The number of ether oxygens (including phenoxy) is 1. The van der Waals surface area contributed by atoms with Crippen molar-refractivity contribution >= 4 is 16.2 Å². The van der Waals surface area contributed by atoms with Gasteiger partial charge >= 0.3 is 10.3 Å². The van der Waals surface area contributed by atoms with Crippen LogP contribution in [0.3, 0.4) is 0 Å². The lowest BCUT2D eigenvalue weighted by molar-refractivity contribution is -0.0247. The lowest BCUT2D eigenvalue weighted by Crippen LogP contribution is -2.44. The van der Waals surface area contributed by atoms with E-state index in [1.54, 1.807) is 0 Å². The van der Waals surface area contributed by atoms with Crippen LogP contribution in [0.25, 0.3) is 0 Å². The monoisotopic (exact) mass is 323 g/mol. The van der Waals surface area contributed by atoms with E-state index >= 15 is 0 Å². The Labute approximate surface area is 118 Å². The minimum absolute atomic E-state index is 0.190. The number of hydrogen-bond donors (Lipinski definition) is 5. The molecule has 12 nitrogen and oxygen atoms in total. The predicted octanol–water partition coefficient (Wildman–Crippen LogP) is -3.80. The van der Waals surface area contributed by atoms with Gasteiger partial charge in [0.2, 0.25) is 5.82 Å². The molecule has 2 heterocycles. The molecule has 1 aromatic heterocycles. The van der Waals surface area contributed by atoms with Crippen molar-refractivity contribution in [1.82, 2.24) is 20.5 Å². The zero-order valence-electron chi connectivity index (χ0n) is 10.4. The fourth-order valence-electron chi connectivity index (χ4n) is 1.68. The molecule has 0 spiro atoms. The number of nitrogens with two attached hydrogens (primary N) is 1. The van der Waals surface area contributed by atoms with Gasteiger partial charge in [-0.3, -0.25) is 14.1 Å². The van der Waals surface area contributed by atoms with Crippen LogP contribution in [-0.4, -0.2) is 70.9 Å². The number of aliphatic hydroxyl groups excluding tert-OH is 2. The summed E-state index contributed by atoms with van der Waals surface area (Å²) in [5.74, 6) is -0.940. The molecule has 0 aromatic carbocycles. The van der Waals surface area contributed by atoms with Gasteiger partial charge in [-0.15, -0.1) is 5.10 Å². The minimum Gasteiger partial charge on any atom is -0.387 e. The number of carbonyl (C=O) groups excluding carboxylic acids is 1. The molecule has 13 heteroatoms. The zero-order valence-corrected chi connectivity index (χ0v) is 11.2. The van der Waals surface area contributed by atoms with Crippen molar-refractivity contribution in [2.45, 2.75) is 24.5 Å². The quantitative estimate of drug-likeness (QED) is 0.361. The average molecular weight is 323 g/mol. The van der Waals surface area contributed by atoms with Crippen LogP contribution in [0.4, 0.5) is 0 Å². The van der Waals surface area contributed by atoms with Crippen LogP contribution in [-0.2, 0) is 19.2 Å². The Bertz CT molecular complexity index is 590. The Morgan fingerprint density at radius 1 is 1.52 bits per heavy atom. The second-order valence-electron chi connectivity index (χ2n) is 4.15. The molecule has 0 radical (unpaired) electrons. The van der Waals surface area contributed by atoms with Crippen molar-refractivity contribution in [3.05, 3.63) is 12.2 Å². The summed E-state index contributed by atoms with van der Waals surface area (Å²) in [5, 5.41) is 32.1. The largest absolute Gasteiger partial charge is 0.387 e. The van der Waals surface area contributed by atoms with Crippen molar-refractivity contribution in [3.63, 3.8) is 0 Å². The molecule has 0 bridgehead atoms. The Balaban J connectivity index is 1.95. The average Bonchev–Trinajstić information content (AvgIpc) is 3.00. The molecule has 1 fully saturated rings. The lowest BCUT2D eigenvalue weighted by Gasteiger charge is -2.15. The van der Waals surface area contributed by atoms with Crippen LogP contribution >= 0.6 is 0 Å². The topological polar surface area (TPSA) is 190 Å². The van der Waals surface area contributed by atoms with E-state index < -0.39 is 47.4 Å². The Kier molecular flexibility index (Phi) is 4.50. The van der Waals surface area contributed by atoms with E-state index in [1.165, 1.54) is 6.33 Å². The highest BCUT2D eigenvalue weighted by Gasteiger charge is 2.44. The maximum Gasteiger partial charge on any atom is 0.333 e. The second kappa shape index (κ2) is 6.00. The third kappa shape index (κ3) is 3.93. The number of nitrogens with one attached hydrogen (secondary N) is 2. The molecule has 118 valence electrons. The van der Waals surface area contributed by atoms with E-state index in [2.05, 4.69) is 29.8 Å². The van der Waals surface area contributed by atoms with Crippen molar-refractivity contribution in [2.24, 2.45) is 5.14 Å². The first-order valence-electron chi connectivity index (χ1n) is 5.63. The molecule has 21 heavy (non-hydrogen) atoms. The molecule has 0 saturated carbocycles. The van der Waals surface area contributed by atoms with Crippen LogP contribution in [0.1, 0.15) is 10.6 Å². The third-order valence-electron chi connectivity index (χ3n) is 2.65. The predicted molar refractivity (Wildman–Crippen MR) is 63.6 cm³/mol. The summed E-state index contributed by atoms with van der Waals surface area (Å²) in [4.78, 5) is 15.3. The second-order valence-corrected chi connectivity index (χ2v) is 5.37. The Morgan fingerprint density at radius 3 is 2.81 bits per heavy atom. The number of aliphatic hydroxyl groups is 2. The van der Waals surface area contributed by atoms with Crippen molar-refractivity contribution in [1.29, 1.82) is 0 Å². The maximum atomic E-state index is 11.7. The summed E-state index contributed by atoms with van der Waals surface area (Å²) in [6.45, 7) is -0.607. The molecule has 1 aliphatic rings. The highest BCUT2D eigenvalue weighted by molar-refractivity contribution is 7.84. The molecule has 1 saturated heterocycles. The van der Waals surface area contributed by atoms with Gasteiger partial charge in [0.05, 0.1) is 6.61 Å². The van der Waals surface area contributed by atoms with E-state index in [0.717, 1.165) is 0 Å². The summed E-state index contributed by atoms with van der Waals surface area (Å²) in [6.07, 6.45) is -4.24. The van der Waals surface area contributed by atoms with Gasteiger partial charge < -0.3 is 20.3 Å². The minimum atomic E-state index is -4.21. The van der Waals surface area contributed by atoms with Crippen LogP contribution in [0, 0.1) is 0 Å². The molecule has 1 amide bonds. The third-order valence-corrected chi connectivity index (χ3v) is 3.12. The number of aromatic nitrogens is 3. The van der Waals surface area contributed by atoms with E-state index in [9.17, 15) is 23.4 Å². The van der Waals surface area contributed by atoms with E-state index in [4.69, 9.17) is 4.74 Å². The van der Waals surface area contributed by atoms with Crippen LogP contribution in [0.15, 0.2) is 6.33 Å². The van der Waals surface area contributed by atoms with Gasteiger partial charge in [-0.2, -0.15) is 8.42 Å². The van der Waals surface area contributed by atoms with Crippen LogP contribution in [0.2, 0.25) is 0 Å². The summed E-state index contributed by atoms with van der Waals surface area (Å²) < 4.78 is 30.7. The smallest absolute Gasteiger partial charge is 0.333 e. The summed E-state index contributed by atoms with van der Waals surface area (Å²) in [6, 6.07) is 0. The van der Waals surface area contributed by atoms with Crippen molar-refractivity contribution in [3.8, 4) is 0 Å². The zero-order chi connectivity index (χ0) is 15.6. The number of nitrogens with zero attached hydrogens (tertiary/aromatic N) is 2. The standard InChI is InChI=1S/C8H13N5O7S/c9-21(17,18)19-1-3-4(14)5(15)8(20-3)12-7(16)6-10-2-11-13-6/h2-5,8,14-15H,1H2,(H,12,16)(H2,9,17,18)(H,10,11,13)/t3-,4-,5-,8-/m1/s1. The molecule has 0 aliphatic carbocycles. The highest BCUT2D eigenvalue weighted by Crippen LogP contribution is 2.20. The molecule has 2 rings (SSSR count). The SMILES string of the molecule is NS(=O)(=O)OC[C@H]1O[C@@H](NC(=O)c2nc[nH]n2)[C@H](O)[C@@H]1O. The van der Waals surface area contributed by atoms with Gasteiger partial charge in [0.15, 0.2) is 6.23 Å². The van der Waals surface area contributed by atoms with Crippen LogP contribution < -0.4 is 10.5 Å². The number of H-pyrrole nitrogens is 1. The van der Waals surface area contributed by atoms with E-state index in [-0.39, 0.29) is 5.82 Å². The highest BCUT2D eigenvalue weighted by atomic mass is 32.2. The van der Waals surface area contributed by atoms with Gasteiger partial charge in [-0.1, -0.05) is 0 Å². The first-order valence-corrected chi connectivity index (χ1v) is 7.10. The van der Waals surface area contributed by atoms with E-state index in [1.807, 2.05) is 0 Å². The van der Waals surface area contributed by atoms with Gasteiger partial charge in [-0.05, 0) is 0 Å². The Morgan fingerprint density at radius 2 is 2.24 bits per heavy atom. The molecule has 0 unspecified atom stereocenters. The number of carbonyl (C=O) groups is 1. The fourth-order valence-corrected chi connectivity index (χ4v) is 2.00. The first kappa shape index (κ1) is 15.7. The normalized spacial score (nSPS) is 29.5. The molecule has 1 aromatic rings. The number of aromatic amines is 1.